The average molecular weight is 310 g/mol. The van der Waals surface area contributed by atoms with Gasteiger partial charge in [-0.15, -0.1) is 0 Å². The van der Waals surface area contributed by atoms with Gasteiger partial charge in [0, 0.05) is 18.9 Å². The number of hydrogen-bond acceptors (Lipinski definition) is 4. The van der Waals surface area contributed by atoms with Crippen LogP contribution in [0, 0.1) is 0 Å². The lowest BCUT2D eigenvalue weighted by atomic mass is 10.2. The Morgan fingerprint density at radius 3 is 2.67 bits per heavy atom. The Balaban J connectivity index is 2.31. The maximum absolute atomic E-state index is 11.8. The Labute approximate surface area is 112 Å². The second kappa shape index (κ2) is 5.32. The van der Waals surface area contributed by atoms with Crippen LogP contribution in [0.2, 0.25) is 0 Å². The fourth-order valence-corrected chi connectivity index (χ4v) is 1.97. The molecule has 2 N–H and O–H groups in total. The summed E-state index contributed by atoms with van der Waals surface area (Å²) in [6.07, 6.45) is 1.60. The van der Waals surface area contributed by atoms with Crippen molar-refractivity contribution in [2.45, 2.75) is 6.61 Å². The van der Waals surface area contributed by atoms with Crippen molar-refractivity contribution in [3.05, 3.63) is 51.0 Å². The molecule has 18 heavy (non-hydrogen) atoms. The fraction of sp³-hybridized carbons (Fsp3) is 0.167. The van der Waals surface area contributed by atoms with Crippen LogP contribution in [0.3, 0.4) is 0 Å². The molecule has 2 aromatic rings. The summed E-state index contributed by atoms with van der Waals surface area (Å²) in [5, 5.41) is 11.9. The maximum atomic E-state index is 11.8. The molecule has 0 aliphatic carbocycles. The van der Waals surface area contributed by atoms with Crippen LogP contribution < -0.4 is 10.9 Å². The van der Waals surface area contributed by atoms with Crippen LogP contribution in [-0.2, 0) is 13.7 Å². The first kappa shape index (κ1) is 12.8. The van der Waals surface area contributed by atoms with Gasteiger partial charge in [-0.3, -0.25) is 4.79 Å². The van der Waals surface area contributed by atoms with E-state index in [1.54, 1.807) is 37.5 Å². The van der Waals surface area contributed by atoms with E-state index in [2.05, 4.69) is 26.2 Å². The summed E-state index contributed by atoms with van der Waals surface area (Å²) >= 11 is 3.24. The zero-order chi connectivity index (χ0) is 13.1. The first-order chi connectivity index (χ1) is 8.60. The maximum Gasteiger partial charge on any atom is 0.293 e. The van der Waals surface area contributed by atoms with Crippen molar-refractivity contribution in [2.24, 2.45) is 7.05 Å². The van der Waals surface area contributed by atoms with Crippen LogP contribution >= 0.6 is 15.9 Å². The molecule has 1 aromatic heterocycles. The molecule has 0 spiro atoms. The van der Waals surface area contributed by atoms with Crippen molar-refractivity contribution in [3.63, 3.8) is 0 Å². The highest BCUT2D eigenvalue weighted by Crippen LogP contribution is 2.14. The van der Waals surface area contributed by atoms with Crippen molar-refractivity contribution < 1.29 is 5.11 Å². The minimum Gasteiger partial charge on any atom is -0.392 e. The van der Waals surface area contributed by atoms with Crippen molar-refractivity contribution >= 4 is 27.4 Å². The molecule has 0 fully saturated rings. The molecular formula is C12H12BrN3O2. The first-order valence-electron chi connectivity index (χ1n) is 5.30. The van der Waals surface area contributed by atoms with Gasteiger partial charge in [-0.2, -0.15) is 0 Å². The summed E-state index contributed by atoms with van der Waals surface area (Å²) < 4.78 is 2.03. The lowest BCUT2D eigenvalue weighted by Crippen LogP contribution is -2.20. The van der Waals surface area contributed by atoms with E-state index in [9.17, 15) is 4.79 Å². The van der Waals surface area contributed by atoms with Gasteiger partial charge in [0.2, 0.25) is 0 Å². The SMILES string of the molecule is Cn1cc(Br)nc(Nc2ccc(CO)cc2)c1=O. The van der Waals surface area contributed by atoms with Gasteiger partial charge in [0.25, 0.3) is 5.56 Å². The summed E-state index contributed by atoms with van der Waals surface area (Å²) in [6, 6.07) is 7.14. The third-order valence-corrected chi connectivity index (χ3v) is 2.82. The van der Waals surface area contributed by atoms with E-state index < -0.39 is 0 Å². The number of halogens is 1. The van der Waals surface area contributed by atoms with Crippen LogP contribution in [-0.4, -0.2) is 14.7 Å². The topological polar surface area (TPSA) is 67.2 Å². The van der Waals surface area contributed by atoms with Gasteiger partial charge >= 0.3 is 0 Å². The van der Waals surface area contributed by atoms with Crippen molar-refractivity contribution in [1.29, 1.82) is 0 Å². The summed E-state index contributed by atoms with van der Waals surface area (Å²) in [6.45, 7) is -0.00280. The van der Waals surface area contributed by atoms with E-state index in [-0.39, 0.29) is 18.0 Å². The number of benzene rings is 1. The lowest BCUT2D eigenvalue weighted by Gasteiger charge is -2.07. The van der Waals surface area contributed by atoms with Crippen LogP contribution in [0.5, 0.6) is 0 Å². The molecular weight excluding hydrogens is 298 g/mol. The van der Waals surface area contributed by atoms with Crippen LogP contribution in [0.15, 0.2) is 39.9 Å². The Hall–Kier alpha value is -1.66. The number of anilines is 2. The number of aliphatic hydroxyl groups is 1. The first-order valence-corrected chi connectivity index (χ1v) is 6.09. The van der Waals surface area contributed by atoms with Crippen LogP contribution in [0.4, 0.5) is 11.5 Å². The minimum absolute atomic E-state index is 0.00280. The Kier molecular flexibility index (Phi) is 3.78. The number of aryl methyl sites for hydroxylation is 1. The second-order valence-electron chi connectivity index (χ2n) is 3.81. The van der Waals surface area contributed by atoms with E-state index in [1.807, 2.05) is 0 Å². The molecule has 0 aliphatic heterocycles. The summed E-state index contributed by atoms with van der Waals surface area (Å²) in [4.78, 5) is 15.9. The summed E-state index contributed by atoms with van der Waals surface area (Å²) in [7, 11) is 1.66. The highest BCUT2D eigenvalue weighted by atomic mass is 79.9. The molecule has 0 radical (unpaired) electrons. The molecule has 0 bridgehead atoms. The van der Waals surface area contributed by atoms with E-state index in [1.165, 1.54) is 4.57 Å². The Morgan fingerprint density at radius 1 is 1.39 bits per heavy atom. The van der Waals surface area contributed by atoms with Gasteiger partial charge in [-0.05, 0) is 33.6 Å². The standard InChI is InChI=1S/C12H12BrN3O2/c1-16-6-10(13)15-11(12(16)18)14-9-4-2-8(7-17)3-5-9/h2-6,17H,7H2,1H3,(H,14,15). The van der Waals surface area contributed by atoms with Gasteiger partial charge in [0.1, 0.15) is 4.60 Å². The number of aromatic nitrogens is 2. The normalized spacial score (nSPS) is 10.4. The molecule has 94 valence electrons. The van der Waals surface area contributed by atoms with Gasteiger partial charge < -0.3 is 15.0 Å². The quantitative estimate of drug-likeness (QED) is 0.907. The highest BCUT2D eigenvalue weighted by molar-refractivity contribution is 9.10. The van der Waals surface area contributed by atoms with E-state index in [0.717, 1.165) is 11.3 Å². The smallest absolute Gasteiger partial charge is 0.293 e. The van der Waals surface area contributed by atoms with Crippen molar-refractivity contribution in [1.82, 2.24) is 9.55 Å². The number of nitrogens with zero attached hydrogens (tertiary/aromatic N) is 2. The van der Waals surface area contributed by atoms with Crippen LogP contribution in [0.25, 0.3) is 0 Å². The Bertz CT molecular complexity index is 608. The molecule has 0 aliphatic rings. The van der Waals surface area contributed by atoms with Gasteiger partial charge in [0.05, 0.1) is 6.61 Å². The molecule has 0 atom stereocenters. The molecule has 0 saturated carbocycles. The fourth-order valence-electron chi connectivity index (χ4n) is 1.48. The molecule has 1 heterocycles. The zero-order valence-corrected chi connectivity index (χ0v) is 11.3. The van der Waals surface area contributed by atoms with Crippen molar-refractivity contribution in [2.75, 3.05) is 5.32 Å². The number of rotatable bonds is 3. The molecule has 0 saturated heterocycles. The second-order valence-corrected chi connectivity index (χ2v) is 4.62. The Morgan fingerprint density at radius 2 is 2.06 bits per heavy atom. The lowest BCUT2D eigenvalue weighted by molar-refractivity contribution is 0.282. The minimum atomic E-state index is -0.204. The largest absolute Gasteiger partial charge is 0.392 e. The van der Waals surface area contributed by atoms with E-state index in [0.29, 0.717) is 4.60 Å². The molecule has 0 amide bonds. The molecule has 5 nitrogen and oxygen atoms in total. The average Bonchev–Trinajstić information content (AvgIpc) is 2.36. The number of hydrogen-bond donors (Lipinski definition) is 2. The predicted octanol–water partition coefficient (Wildman–Crippen LogP) is 1.78. The number of aliphatic hydroxyl groups excluding tert-OH is 1. The van der Waals surface area contributed by atoms with Crippen molar-refractivity contribution in [3.8, 4) is 0 Å². The van der Waals surface area contributed by atoms with Gasteiger partial charge in [-0.25, -0.2) is 4.98 Å². The van der Waals surface area contributed by atoms with E-state index >= 15 is 0 Å². The third-order valence-electron chi connectivity index (χ3n) is 2.44. The summed E-state index contributed by atoms with van der Waals surface area (Å²) in [5.74, 6) is 0.253. The summed E-state index contributed by atoms with van der Waals surface area (Å²) in [5.41, 5.74) is 1.36. The molecule has 6 heteroatoms. The van der Waals surface area contributed by atoms with Gasteiger partial charge in [0.15, 0.2) is 5.82 Å². The highest BCUT2D eigenvalue weighted by Gasteiger charge is 2.05. The third kappa shape index (κ3) is 2.77. The van der Waals surface area contributed by atoms with Crippen LogP contribution in [0.1, 0.15) is 5.56 Å². The number of nitrogens with one attached hydrogen (secondary N) is 1. The van der Waals surface area contributed by atoms with Gasteiger partial charge in [-0.1, -0.05) is 12.1 Å². The zero-order valence-electron chi connectivity index (χ0n) is 9.72. The molecule has 0 unspecified atom stereocenters. The van der Waals surface area contributed by atoms with E-state index in [4.69, 9.17) is 5.11 Å². The predicted molar refractivity (Wildman–Crippen MR) is 72.8 cm³/mol. The molecule has 2 rings (SSSR count). The molecule has 1 aromatic carbocycles. The monoisotopic (exact) mass is 309 g/mol.